The van der Waals surface area contributed by atoms with Crippen molar-refractivity contribution in [3.8, 4) is 0 Å². The Morgan fingerprint density at radius 3 is 3.00 bits per heavy atom. The third-order valence-electron chi connectivity index (χ3n) is 4.07. The van der Waals surface area contributed by atoms with Gasteiger partial charge in [-0.3, -0.25) is 14.4 Å². The summed E-state index contributed by atoms with van der Waals surface area (Å²) in [5.74, 6) is 0.141. The van der Waals surface area contributed by atoms with Crippen molar-refractivity contribution in [2.45, 2.75) is 32.5 Å². The number of hydrogen-bond acceptors (Lipinski definition) is 5. The fourth-order valence-electron chi connectivity index (χ4n) is 2.80. The van der Waals surface area contributed by atoms with E-state index in [0.29, 0.717) is 6.42 Å². The Hall–Kier alpha value is -1.73. The first-order chi connectivity index (χ1) is 10.5. The average molecular weight is 319 g/mol. The number of thiazole rings is 1. The molecular weight excluding hydrogens is 298 g/mol. The van der Waals surface area contributed by atoms with Crippen LogP contribution in [0.1, 0.15) is 28.7 Å². The van der Waals surface area contributed by atoms with E-state index in [-0.39, 0.29) is 11.9 Å². The first-order valence-corrected chi connectivity index (χ1v) is 8.26. The Bertz CT molecular complexity index is 662. The zero-order valence-corrected chi connectivity index (χ0v) is 14.0. The molecule has 7 heteroatoms. The Kier molecular flexibility index (Phi) is 4.26. The number of aromatic nitrogens is 3. The molecule has 0 fully saturated rings. The number of amides is 1. The highest BCUT2D eigenvalue weighted by molar-refractivity contribution is 7.09. The molecule has 0 aromatic carbocycles. The van der Waals surface area contributed by atoms with Gasteiger partial charge in [-0.1, -0.05) is 0 Å². The predicted octanol–water partition coefficient (Wildman–Crippen LogP) is 1.68. The van der Waals surface area contributed by atoms with Crippen LogP contribution in [0, 0.1) is 6.92 Å². The molecule has 1 aliphatic heterocycles. The molecule has 0 N–H and O–H groups in total. The van der Waals surface area contributed by atoms with Crippen molar-refractivity contribution in [1.29, 1.82) is 0 Å². The number of rotatable bonds is 4. The van der Waals surface area contributed by atoms with E-state index in [9.17, 15) is 4.79 Å². The Labute approximate surface area is 134 Å². The van der Waals surface area contributed by atoms with Crippen LogP contribution in [0.3, 0.4) is 0 Å². The van der Waals surface area contributed by atoms with Gasteiger partial charge in [0.25, 0.3) is 0 Å². The predicted molar refractivity (Wildman–Crippen MR) is 85.5 cm³/mol. The van der Waals surface area contributed by atoms with E-state index in [0.717, 1.165) is 25.3 Å². The molecule has 0 unspecified atom stereocenters. The summed E-state index contributed by atoms with van der Waals surface area (Å²) in [7, 11) is 3.60. The van der Waals surface area contributed by atoms with Crippen molar-refractivity contribution in [1.82, 2.24) is 24.6 Å². The molecule has 1 atom stereocenters. The van der Waals surface area contributed by atoms with Crippen LogP contribution in [-0.4, -0.2) is 51.1 Å². The molecule has 22 heavy (non-hydrogen) atoms. The van der Waals surface area contributed by atoms with Crippen molar-refractivity contribution < 1.29 is 4.79 Å². The lowest BCUT2D eigenvalue weighted by molar-refractivity contribution is -0.129. The summed E-state index contributed by atoms with van der Waals surface area (Å²) in [5, 5.41) is 4.41. The minimum atomic E-state index is 0.0990. The van der Waals surface area contributed by atoms with Crippen molar-refractivity contribution in [2.75, 3.05) is 20.6 Å². The lowest BCUT2D eigenvalue weighted by Crippen LogP contribution is -2.39. The average Bonchev–Trinajstić information content (AvgIpc) is 3.08. The third-order valence-corrected chi connectivity index (χ3v) is 4.99. The maximum atomic E-state index is 12.1. The highest BCUT2D eigenvalue weighted by atomic mass is 32.1. The first-order valence-electron chi connectivity index (χ1n) is 7.38. The molecule has 0 spiro atoms. The molecule has 6 nitrogen and oxygen atoms in total. The van der Waals surface area contributed by atoms with E-state index in [4.69, 9.17) is 0 Å². The lowest BCUT2D eigenvalue weighted by Gasteiger charge is -2.33. The van der Waals surface area contributed by atoms with E-state index in [1.165, 1.54) is 10.6 Å². The molecular formula is C15H21N5OS. The number of fused-ring (bicyclic) bond motifs is 1. The van der Waals surface area contributed by atoms with Crippen LogP contribution in [0.25, 0.3) is 0 Å². The molecule has 3 heterocycles. The summed E-state index contributed by atoms with van der Waals surface area (Å²) in [6.45, 7) is 4.64. The minimum Gasteiger partial charge on any atom is -0.349 e. The second-order valence-corrected chi connectivity index (χ2v) is 6.88. The second kappa shape index (κ2) is 6.18. The largest absolute Gasteiger partial charge is 0.349 e. The Morgan fingerprint density at radius 1 is 1.50 bits per heavy atom. The molecule has 3 rings (SSSR count). The molecule has 2 aromatic heterocycles. The summed E-state index contributed by atoms with van der Waals surface area (Å²) < 4.78 is 2.01. The van der Waals surface area contributed by atoms with Gasteiger partial charge in [0.15, 0.2) is 0 Å². The maximum Gasteiger partial charge on any atom is 0.224 e. The molecule has 0 aliphatic carbocycles. The fourth-order valence-corrected chi connectivity index (χ4v) is 3.62. The topological polar surface area (TPSA) is 54.3 Å². The highest BCUT2D eigenvalue weighted by Crippen LogP contribution is 2.26. The van der Waals surface area contributed by atoms with Crippen LogP contribution < -0.4 is 0 Å². The monoisotopic (exact) mass is 319 g/mol. The van der Waals surface area contributed by atoms with Gasteiger partial charge in [-0.15, -0.1) is 11.3 Å². The van der Waals surface area contributed by atoms with Crippen LogP contribution in [0.5, 0.6) is 0 Å². The van der Waals surface area contributed by atoms with E-state index in [1.54, 1.807) is 30.3 Å². The van der Waals surface area contributed by atoms with Gasteiger partial charge in [0, 0.05) is 44.8 Å². The summed E-state index contributed by atoms with van der Waals surface area (Å²) >= 11 is 1.70. The highest BCUT2D eigenvalue weighted by Gasteiger charge is 2.28. The zero-order valence-electron chi connectivity index (χ0n) is 13.2. The van der Waals surface area contributed by atoms with Crippen LogP contribution in [0.2, 0.25) is 0 Å². The van der Waals surface area contributed by atoms with Gasteiger partial charge in [-0.25, -0.2) is 4.98 Å². The number of aryl methyl sites for hydroxylation is 1. The molecule has 0 saturated heterocycles. The second-order valence-electron chi connectivity index (χ2n) is 5.94. The van der Waals surface area contributed by atoms with Gasteiger partial charge >= 0.3 is 0 Å². The first kappa shape index (κ1) is 15.2. The van der Waals surface area contributed by atoms with Gasteiger partial charge in [0.05, 0.1) is 29.4 Å². The van der Waals surface area contributed by atoms with Gasteiger partial charge in [0.2, 0.25) is 5.91 Å². The molecule has 2 aromatic rings. The quantitative estimate of drug-likeness (QED) is 0.860. The smallest absolute Gasteiger partial charge is 0.224 e. The van der Waals surface area contributed by atoms with Crippen LogP contribution in [0.15, 0.2) is 17.8 Å². The van der Waals surface area contributed by atoms with Crippen LogP contribution in [0.4, 0.5) is 0 Å². The summed E-state index contributed by atoms with van der Waals surface area (Å²) in [5.41, 5.74) is 4.17. The van der Waals surface area contributed by atoms with Gasteiger partial charge in [0.1, 0.15) is 0 Å². The van der Waals surface area contributed by atoms with Crippen molar-refractivity contribution >= 4 is 17.2 Å². The van der Waals surface area contributed by atoms with Crippen molar-refractivity contribution in [3.05, 3.63) is 34.0 Å². The summed E-state index contributed by atoms with van der Waals surface area (Å²) in [4.78, 5) is 21.7. The van der Waals surface area contributed by atoms with E-state index in [1.807, 2.05) is 29.4 Å². The van der Waals surface area contributed by atoms with E-state index < -0.39 is 0 Å². The molecule has 0 radical (unpaired) electrons. The number of carbonyl (C=O) groups is 1. The standard InChI is InChI=1S/C15H21N5OS/c1-11-14(22-10-16-11)9-19-7-12-4-5-17-20(12)13(8-19)6-15(21)18(2)3/h4-5,10,13H,6-9H2,1-3H3/t13-/m0/s1. The number of carbonyl (C=O) groups excluding carboxylic acids is 1. The lowest BCUT2D eigenvalue weighted by atomic mass is 10.1. The Balaban J connectivity index is 1.76. The van der Waals surface area contributed by atoms with Crippen molar-refractivity contribution in [3.63, 3.8) is 0 Å². The van der Waals surface area contributed by atoms with E-state index >= 15 is 0 Å². The molecule has 118 valence electrons. The summed E-state index contributed by atoms with van der Waals surface area (Å²) in [6.07, 6.45) is 2.31. The molecule has 0 saturated carbocycles. The SMILES string of the molecule is Cc1ncsc1CN1Cc2ccnn2[C@@H](CC(=O)N(C)C)C1. The molecule has 0 bridgehead atoms. The minimum absolute atomic E-state index is 0.0990. The zero-order chi connectivity index (χ0) is 15.7. The fraction of sp³-hybridized carbons (Fsp3) is 0.533. The molecule has 1 amide bonds. The number of nitrogens with zero attached hydrogens (tertiary/aromatic N) is 5. The van der Waals surface area contributed by atoms with E-state index in [2.05, 4.69) is 15.0 Å². The normalized spacial score (nSPS) is 18.2. The van der Waals surface area contributed by atoms with Gasteiger partial charge in [-0.2, -0.15) is 5.10 Å². The maximum absolute atomic E-state index is 12.1. The summed E-state index contributed by atoms with van der Waals surface area (Å²) in [6, 6.07) is 2.14. The third kappa shape index (κ3) is 3.05. The van der Waals surface area contributed by atoms with Gasteiger partial charge < -0.3 is 4.90 Å². The van der Waals surface area contributed by atoms with Crippen molar-refractivity contribution in [2.24, 2.45) is 0 Å². The van der Waals surface area contributed by atoms with Gasteiger partial charge in [-0.05, 0) is 13.0 Å². The van der Waals surface area contributed by atoms with Crippen LogP contribution in [-0.2, 0) is 17.9 Å². The van der Waals surface area contributed by atoms with Crippen LogP contribution >= 0.6 is 11.3 Å². The number of hydrogen-bond donors (Lipinski definition) is 0. The molecule has 1 aliphatic rings. The Morgan fingerprint density at radius 2 is 2.32 bits per heavy atom.